The number of carbonyl (C=O) groups excluding carboxylic acids is 1. The lowest BCUT2D eigenvalue weighted by molar-refractivity contribution is -0.124. The fraction of sp³-hybridized carbons (Fsp3) is 0.682. The molecule has 2 saturated heterocycles. The number of ether oxygens (including phenoxy) is 1. The van der Waals surface area contributed by atoms with E-state index in [-0.39, 0.29) is 17.2 Å². The van der Waals surface area contributed by atoms with Crippen molar-refractivity contribution in [3.05, 3.63) is 35.4 Å². The molecule has 0 unspecified atom stereocenters. The minimum Gasteiger partial charge on any atom is -0.378 e. The van der Waals surface area contributed by atoms with Gasteiger partial charge in [0, 0.05) is 44.1 Å². The molecule has 0 saturated carbocycles. The standard InChI is InChI=1S/C22H34N2O2/c1-4-18-5-7-19(8-6-18)15-24-13-9-20-22(16-24,11-14-26-20)10-12-23-21(25)17(2)3/h5-8,17,20H,4,9-16H2,1-3H3,(H,23,25)/t20-,22+/m0/s1. The molecule has 1 aromatic carbocycles. The van der Waals surface area contributed by atoms with Gasteiger partial charge in [-0.25, -0.2) is 0 Å². The van der Waals surface area contributed by atoms with Gasteiger partial charge in [-0.15, -0.1) is 0 Å². The first-order chi connectivity index (χ1) is 12.5. The number of amides is 1. The van der Waals surface area contributed by atoms with Crippen LogP contribution in [0.25, 0.3) is 0 Å². The van der Waals surface area contributed by atoms with E-state index < -0.39 is 0 Å². The second kappa shape index (κ2) is 8.53. The zero-order valence-electron chi connectivity index (χ0n) is 16.6. The number of benzene rings is 1. The third-order valence-corrected chi connectivity index (χ3v) is 6.13. The maximum absolute atomic E-state index is 11.9. The number of hydrogen-bond acceptors (Lipinski definition) is 3. The molecular weight excluding hydrogens is 324 g/mol. The summed E-state index contributed by atoms with van der Waals surface area (Å²) in [5.41, 5.74) is 2.99. The highest BCUT2D eigenvalue weighted by Gasteiger charge is 2.47. The topological polar surface area (TPSA) is 41.6 Å². The first kappa shape index (κ1) is 19.4. The van der Waals surface area contributed by atoms with Crippen LogP contribution in [0.3, 0.4) is 0 Å². The zero-order chi connectivity index (χ0) is 18.6. The molecule has 0 bridgehead atoms. The summed E-state index contributed by atoms with van der Waals surface area (Å²) >= 11 is 0. The van der Waals surface area contributed by atoms with Crippen molar-refractivity contribution in [2.45, 2.75) is 59.1 Å². The second-order valence-electron chi connectivity index (χ2n) is 8.34. The predicted molar refractivity (Wildman–Crippen MR) is 105 cm³/mol. The van der Waals surface area contributed by atoms with E-state index in [1.54, 1.807) is 0 Å². The van der Waals surface area contributed by atoms with Crippen molar-refractivity contribution in [1.82, 2.24) is 10.2 Å². The fourth-order valence-corrected chi connectivity index (χ4v) is 4.41. The summed E-state index contributed by atoms with van der Waals surface area (Å²) < 4.78 is 6.05. The van der Waals surface area contributed by atoms with Gasteiger partial charge in [-0.2, -0.15) is 0 Å². The summed E-state index contributed by atoms with van der Waals surface area (Å²) in [6.45, 7) is 10.9. The maximum Gasteiger partial charge on any atom is 0.222 e. The van der Waals surface area contributed by atoms with Gasteiger partial charge < -0.3 is 10.1 Å². The average molecular weight is 359 g/mol. The van der Waals surface area contributed by atoms with Crippen LogP contribution in [0.5, 0.6) is 0 Å². The first-order valence-corrected chi connectivity index (χ1v) is 10.2. The van der Waals surface area contributed by atoms with Gasteiger partial charge in [-0.3, -0.25) is 9.69 Å². The number of hydrogen-bond donors (Lipinski definition) is 1. The molecule has 1 amide bonds. The molecule has 2 heterocycles. The molecule has 26 heavy (non-hydrogen) atoms. The zero-order valence-corrected chi connectivity index (χ0v) is 16.6. The molecule has 2 aliphatic heterocycles. The Bertz CT molecular complexity index is 599. The van der Waals surface area contributed by atoms with Crippen molar-refractivity contribution in [2.75, 3.05) is 26.2 Å². The van der Waals surface area contributed by atoms with E-state index in [0.29, 0.717) is 6.10 Å². The Kier molecular flexibility index (Phi) is 6.36. The summed E-state index contributed by atoms with van der Waals surface area (Å²) in [5, 5.41) is 3.10. The van der Waals surface area contributed by atoms with Gasteiger partial charge >= 0.3 is 0 Å². The Morgan fingerprint density at radius 2 is 2.04 bits per heavy atom. The summed E-state index contributed by atoms with van der Waals surface area (Å²) in [5.74, 6) is 0.206. The lowest BCUT2D eigenvalue weighted by Gasteiger charge is -2.44. The number of nitrogens with zero attached hydrogens (tertiary/aromatic N) is 1. The Labute approximate surface area is 158 Å². The summed E-state index contributed by atoms with van der Waals surface area (Å²) in [6.07, 6.45) is 4.68. The summed E-state index contributed by atoms with van der Waals surface area (Å²) in [4.78, 5) is 14.5. The molecule has 0 spiro atoms. The highest BCUT2D eigenvalue weighted by atomic mass is 16.5. The molecule has 144 valence electrons. The molecule has 1 N–H and O–H groups in total. The quantitative estimate of drug-likeness (QED) is 0.812. The van der Waals surface area contributed by atoms with Gasteiger partial charge in [0.25, 0.3) is 0 Å². The Balaban J connectivity index is 1.59. The minimum absolute atomic E-state index is 0.0528. The van der Waals surface area contributed by atoms with Crippen LogP contribution in [-0.2, 0) is 22.5 Å². The molecule has 1 aromatic rings. The van der Waals surface area contributed by atoms with E-state index in [1.807, 2.05) is 13.8 Å². The molecule has 3 rings (SSSR count). The van der Waals surface area contributed by atoms with Crippen LogP contribution in [0.15, 0.2) is 24.3 Å². The maximum atomic E-state index is 11.9. The van der Waals surface area contributed by atoms with Gasteiger partial charge in [0.1, 0.15) is 0 Å². The molecule has 2 atom stereocenters. The van der Waals surface area contributed by atoms with E-state index in [0.717, 1.165) is 58.5 Å². The Morgan fingerprint density at radius 1 is 1.31 bits per heavy atom. The number of likely N-dealkylation sites (tertiary alicyclic amines) is 1. The third kappa shape index (κ3) is 4.47. The van der Waals surface area contributed by atoms with Crippen LogP contribution in [0.2, 0.25) is 0 Å². The second-order valence-corrected chi connectivity index (χ2v) is 8.34. The van der Waals surface area contributed by atoms with Gasteiger partial charge in [0.2, 0.25) is 5.91 Å². The first-order valence-electron chi connectivity index (χ1n) is 10.2. The van der Waals surface area contributed by atoms with Gasteiger partial charge in [-0.05, 0) is 36.8 Å². The minimum atomic E-state index is 0.0528. The lowest BCUT2D eigenvalue weighted by atomic mass is 9.74. The average Bonchev–Trinajstić information content (AvgIpc) is 3.05. The Hall–Kier alpha value is -1.39. The van der Waals surface area contributed by atoms with Crippen molar-refractivity contribution >= 4 is 5.91 Å². The lowest BCUT2D eigenvalue weighted by Crippen LogP contribution is -2.50. The van der Waals surface area contributed by atoms with Gasteiger partial charge in [-0.1, -0.05) is 45.0 Å². The van der Waals surface area contributed by atoms with Crippen LogP contribution in [0.1, 0.15) is 51.2 Å². The van der Waals surface area contributed by atoms with Crippen molar-refractivity contribution < 1.29 is 9.53 Å². The number of carbonyl (C=O) groups is 1. The molecule has 4 nitrogen and oxygen atoms in total. The number of nitrogens with one attached hydrogen (secondary N) is 1. The highest BCUT2D eigenvalue weighted by Crippen LogP contribution is 2.43. The fourth-order valence-electron chi connectivity index (χ4n) is 4.41. The normalized spacial score (nSPS) is 26.1. The molecule has 0 radical (unpaired) electrons. The van der Waals surface area contributed by atoms with Crippen LogP contribution >= 0.6 is 0 Å². The molecule has 4 heteroatoms. The third-order valence-electron chi connectivity index (χ3n) is 6.13. The van der Waals surface area contributed by atoms with Crippen LogP contribution in [0, 0.1) is 11.3 Å². The van der Waals surface area contributed by atoms with Crippen molar-refractivity contribution in [2.24, 2.45) is 11.3 Å². The largest absolute Gasteiger partial charge is 0.378 e. The molecule has 0 aliphatic carbocycles. The summed E-state index contributed by atoms with van der Waals surface area (Å²) in [6, 6.07) is 9.03. The number of rotatable bonds is 7. The number of aryl methyl sites for hydroxylation is 1. The molecule has 2 fully saturated rings. The van der Waals surface area contributed by atoms with Crippen molar-refractivity contribution in [3.8, 4) is 0 Å². The van der Waals surface area contributed by atoms with E-state index >= 15 is 0 Å². The smallest absolute Gasteiger partial charge is 0.222 e. The van der Waals surface area contributed by atoms with Crippen LogP contribution < -0.4 is 5.32 Å². The Morgan fingerprint density at radius 3 is 2.73 bits per heavy atom. The highest BCUT2D eigenvalue weighted by molar-refractivity contribution is 5.77. The van der Waals surface area contributed by atoms with Gasteiger partial charge in [0.15, 0.2) is 0 Å². The predicted octanol–water partition coefficient (Wildman–Crippen LogP) is 3.39. The molecular formula is C22H34N2O2. The number of fused-ring (bicyclic) bond motifs is 1. The van der Waals surface area contributed by atoms with E-state index in [2.05, 4.69) is 41.4 Å². The van der Waals surface area contributed by atoms with E-state index in [9.17, 15) is 4.79 Å². The van der Waals surface area contributed by atoms with E-state index in [1.165, 1.54) is 11.1 Å². The van der Waals surface area contributed by atoms with Gasteiger partial charge in [0.05, 0.1) is 6.10 Å². The van der Waals surface area contributed by atoms with Crippen LogP contribution in [0.4, 0.5) is 0 Å². The molecule has 0 aromatic heterocycles. The summed E-state index contributed by atoms with van der Waals surface area (Å²) in [7, 11) is 0. The molecule has 2 aliphatic rings. The van der Waals surface area contributed by atoms with E-state index in [4.69, 9.17) is 4.74 Å². The SMILES string of the molecule is CCc1ccc(CN2CC[C@@H]3OCC[C@]3(CCNC(=O)C(C)C)C2)cc1. The number of piperidine rings is 1. The van der Waals surface area contributed by atoms with Crippen molar-refractivity contribution in [1.29, 1.82) is 0 Å². The van der Waals surface area contributed by atoms with Crippen molar-refractivity contribution in [3.63, 3.8) is 0 Å². The monoisotopic (exact) mass is 358 g/mol. The van der Waals surface area contributed by atoms with Crippen LogP contribution in [-0.4, -0.2) is 43.2 Å².